The largest absolute Gasteiger partial charge is 0.355 e. The Kier molecular flexibility index (Phi) is 7.47. The number of rotatable bonds is 8. The van der Waals surface area contributed by atoms with Gasteiger partial charge in [-0.05, 0) is 49.1 Å². The van der Waals surface area contributed by atoms with E-state index in [1.54, 1.807) is 18.3 Å². The van der Waals surface area contributed by atoms with E-state index in [4.69, 9.17) is 5.14 Å². The molecule has 0 spiro atoms. The lowest BCUT2D eigenvalue weighted by molar-refractivity contribution is -0.125. The van der Waals surface area contributed by atoms with E-state index < -0.39 is 10.0 Å². The van der Waals surface area contributed by atoms with Gasteiger partial charge in [-0.15, -0.1) is 10.2 Å². The average Bonchev–Trinajstić information content (AvgIpc) is 3.44. The Bertz CT molecular complexity index is 1490. The van der Waals surface area contributed by atoms with Crippen LogP contribution in [0.1, 0.15) is 18.4 Å². The van der Waals surface area contributed by atoms with E-state index in [0.717, 1.165) is 42.2 Å². The van der Waals surface area contributed by atoms with Crippen molar-refractivity contribution in [2.45, 2.75) is 24.2 Å². The van der Waals surface area contributed by atoms with Gasteiger partial charge >= 0.3 is 0 Å². The second kappa shape index (κ2) is 11.1. The van der Waals surface area contributed by atoms with Crippen molar-refractivity contribution in [2.75, 3.05) is 24.5 Å². The monoisotopic (exact) mass is 531 g/mol. The minimum Gasteiger partial charge on any atom is -0.355 e. The SMILES string of the molecule is NS(=O)(=O)c1ccc(CCNC(=O)C2CCCN(c3ccc(-n4ccnc4-c4ccccc4)nn3)C2)cc1. The second-order valence-corrected chi connectivity index (χ2v) is 10.8. The lowest BCUT2D eigenvalue weighted by Crippen LogP contribution is -2.43. The highest BCUT2D eigenvalue weighted by atomic mass is 32.2. The summed E-state index contributed by atoms with van der Waals surface area (Å²) < 4.78 is 24.7. The zero-order valence-electron chi connectivity index (χ0n) is 20.8. The first-order valence-electron chi connectivity index (χ1n) is 12.5. The number of anilines is 1. The van der Waals surface area contributed by atoms with Crippen LogP contribution in [0.2, 0.25) is 0 Å². The van der Waals surface area contributed by atoms with Gasteiger partial charge in [0.15, 0.2) is 11.6 Å². The standard InChI is InChI=1S/C27H29N7O3S/c28-38(36,37)23-10-8-20(9-11-23)14-15-30-27(35)22-7-4-17-33(19-22)24-12-13-25(32-31-24)34-18-16-29-26(34)21-5-2-1-3-6-21/h1-3,5-6,8-13,16,18,22H,4,7,14-15,17,19H2,(H,30,35)(H2,28,36,37). The van der Waals surface area contributed by atoms with Crippen LogP contribution in [0, 0.1) is 5.92 Å². The number of hydrogen-bond donors (Lipinski definition) is 2. The number of hydrogen-bond acceptors (Lipinski definition) is 7. The summed E-state index contributed by atoms with van der Waals surface area (Å²) in [6, 6.07) is 20.2. The summed E-state index contributed by atoms with van der Waals surface area (Å²) in [6.07, 6.45) is 5.90. The fourth-order valence-corrected chi connectivity index (χ4v) is 5.14. The number of nitrogens with zero attached hydrogens (tertiary/aromatic N) is 5. The molecule has 4 aromatic rings. The van der Waals surface area contributed by atoms with E-state index in [1.807, 2.05) is 53.2 Å². The van der Waals surface area contributed by atoms with Gasteiger partial charge in [-0.25, -0.2) is 18.5 Å². The molecule has 38 heavy (non-hydrogen) atoms. The van der Waals surface area contributed by atoms with Crippen LogP contribution in [-0.2, 0) is 21.2 Å². The van der Waals surface area contributed by atoms with Gasteiger partial charge < -0.3 is 10.2 Å². The molecular formula is C27H29N7O3S. The van der Waals surface area contributed by atoms with E-state index in [2.05, 4.69) is 25.4 Å². The molecule has 2 aromatic heterocycles. The number of nitrogens with one attached hydrogen (secondary N) is 1. The van der Waals surface area contributed by atoms with Crippen molar-refractivity contribution in [1.82, 2.24) is 25.1 Å². The minimum atomic E-state index is -3.71. The first-order valence-corrected chi connectivity index (χ1v) is 14.0. The molecule has 11 heteroatoms. The predicted octanol–water partition coefficient (Wildman–Crippen LogP) is 2.55. The van der Waals surface area contributed by atoms with E-state index in [0.29, 0.717) is 25.3 Å². The molecule has 1 fully saturated rings. The van der Waals surface area contributed by atoms with Crippen molar-refractivity contribution in [2.24, 2.45) is 11.1 Å². The number of primary sulfonamides is 1. The van der Waals surface area contributed by atoms with E-state index in [9.17, 15) is 13.2 Å². The van der Waals surface area contributed by atoms with Crippen molar-refractivity contribution < 1.29 is 13.2 Å². The Morgan fingerprint density at radius 1 is 1.00 bits per heavy atom. The van der Waals surface area contributed by atoms with Crippen molar-refractivity contribution >= 4 is 21.7 Å². The molecule has 10 nitrogen and oxygen atoms in total. The fraction of sp³-hybridized carbons (Fsp3) is 0.259. The van der Waals surface area contributed by atoms with Crippen molar-refractivity contribution in [3.8, 4) is 17.2 Å². The maximum Gasteiger partial charge on any atom is 0.238 e. The second-order valence-electron chi connectivity index (χ2n) is 9.25. The molecule has 1 aliphatic heterocycles. The van der Waals surface area contributed by atoms with Crippen LogP contribution < -0.4 is 15.4 Å². The Morgan fingerprint density at radius 3 is 2.45 bits per heavy atom. The highest BCUT2D eigenvalue weighted by molar-refractivity contribution is 7.89. The van der Waals surface area contributed by atoms with E-state index in [-0.39, 0.29) is 16.7 Å². The summed E-state index contributed by atoms with van der Waals surface area (Å²) in [5.41, 5.74) is 1.92. The molecule has 0 radical (unpaired) electrons. The topological polar surface area (TPSA) is 136 Å². The Labute approximate surface area is 221 Å². The van der Waals surface area contributed by atoms with Crippen molar-refractivity contribution in [1.29, 1.82) is 0 Å². The molecule has 1 saturated heterocycles. The summed E-state index contributed by atoms with van der Waals surface area (Å²) in [5.74, 6) is 2.07. The summed E-state index contributed by atoms with van der Waals surface area (Å²) in [5, 5.41) is 17.1. The molecule has 1 atom stereocenters. The third kappa shape index (κ3) is 5.90. The van der Waals surface area contributed by atoms with Crippen LogP contribution in [-0.4, -0.2) is 53.7 Å². The minimum absolute atomic E-state index is 0.00588. The van der Waals surface area contributed by atoms with Gasteiger partial charge in [0.05, 0.1) is 10.8 Å². The molecule has 3 heterocycles. The van der Waals surface area contributed by atoms with Gasteiger partial charge in [0.1, 0.15) is 5.82 Å². The number of nitrogens with two attached hydrogens (primary N) is 1. The highest BCUT2D eigenvalue weighted by Gasteiger charge is 2.26. The molecular weight excluding hydrogens is 502 g/mol. The maximum absolute atomic E-state index is 12.9. The summed E-state index contributed by atoms with van der Waals surface area (Å²) in [6.45, 7) is 1.85. The normalized spacial score (nSPS) is 15.8. The molecule has 2 aromatic carbocycles. The molecule has 0 aliphatic carbocycles. The molecule has 3 N–H and O–H groups in total. The Balaban J connectivity index is 1.17. The quantitative estimate of drug-likeness (QED) is 0.357. The molecule has 1 aliphatic rings. The Hall–Kier alpha value is -4.09. The summed E-state index contributed by atoms with van der Waals surface area (Å²) >= 11 is 0. The van der Waals surface area contributed by atoms with Gasteiger partial charge in [0, 0.05) is 37.6 Å². The lowest BCUT2D eigenvalue weighted by Gasteiger charge is -2.32. The molecule has 1 unspecified atom stereocenters. The van der Waals surface area contributed by atoms with Crippen LogP contribution in [0.15, 0.2) is 84.0 Å². The molecule has 5 rings (SSSR count). The number of carbonyl (C=O) groups excluding carboxylic acids is 1. The van der Waals surface area contributed by atoms with Crippen LogP contribution in [0.3, 0.4) is 0 Å². The fourth-order valence-electron chi connectivity index (χ4n) is 4.62. The van der Waals surface area contributed by atoms with E-state index in [1.165, 1.54) is 12.1 Å². The third-order valence-corrected chi connectivity index (χ3v) is 7.57. The smallest absolute Gasteiger partial charge is 0.238 e. The zero-order valence-corrected chi connectivity index (χ0v) is 21.6. The number of amides is 1. The van der Waals surface area contributed by atoms with Crippen LogP contribution >= 0.6 is 0 Å². The molecule has 0 bridgehead atoms. The number of benzene rings is 2. The predicted molar refractivity (Wildman–Crippen MR) is 144 cm³/mol. The van der Waals surface area contributed by atoms with Gasteiger partial charge in [-0.1, -0.05) is 42.5 Å². The number of aromatic nitrogens is 4. The molecule has 196 valence electrons. The number of carbonyl (C=O) groups is 1. The summed E-state index contributed by atoms with van der Waals surface area (Å²) in [7, 11) is -3.71. The number of sulfonamides is 1. The van der Waals surface area contributed by atoms with E-state index >= 15 is 0 Å². The lowest BCUT2D eigenvalue weighted by atomic mass is 9.97. The van der Waals surface area contributed by atoms with Crippen LogP contribution in [0.5, 0.6) is 0 Å². The average molecular weight is 532 g/mol. The highest BCUT2D eigenvalue weighted by Crippen LogP contribution is 2.24. The van der Waals surface area contributed by atoms with Crippen molar-refractivity contribution in [3.63, 3.8) is 0 Å². The molecule has 1 amide bonds. The van der Waals surface area contributed by atoms with Gasteiger partial charge in [-0.3, -0.25) is 9.36 Å². The third-order valence-electron chi connectivity index (χ3n) is 6.64. The molecule has 0 saturated carbocycles. The zero-order chi connectivity index (χ0) is 26.5. The van der Waals surface area contributed by atoms with Crippen LogP contribution in [0.25, 0.3) is 17.2 Å². The van der Waals surface area contributed by atoms with Crippen molar-refractivity contribution in [3.05, 3.63) is 84.7 Å². The first kappa shape index (κ1) is 25.6. The number of imidazole rings is 1. The maximum atomic E-state index is 12.9. The number of piperidine rings is 1. The van der Waals surface area contributed by atoms with Gasteiger partial charge in [0.25, 0.3) is 0 Å². The first-order chi connectivity index (χ1) is 18.4. The van der Waals surface area contributed by atoms with Crippen LogP contribution in [0.4, 0.5) is 5.82 Å². The van der Waals surface area contributed by atoms with Gasteiger partial charge in [0.2, 0.25) is 15.9 Å². The summed E-state index contributed by atoms with van der Waals surface area (Å²) in [4.78, 5) is 19.5. The Morgan fingerprint density at radius 2 is 1.74 bits per heavy atom. The van der Waals surface area contributed by atoms with Gasteiger partial charge in [-0.2, -0.15) is 0 Å².